The Morgan fingerprint density at radius 3 is 2.43 bits per heavy atom. The lowest BCUT2D eigenvalue weighted by Crippen LogP contribution is -1.94. The van der Waals surface area contributed by atoms with Crippen LogP contribution in [0.2, 0.25) is 0 Å². The van der Waals surface area contributed by atoms with Crippen molar-refractivity contribution < 1.29 is 4.79 Å². The fourth-order valence-corrected chi connectivity index (χ4v) is 2.72. The van der Waals surface area contributed by atoms with Gasteiger partial charge in [0.1, 0.15) is 5.69 Å². The van der Waals surface area contributed by atoms with Crippen LogP contribution < -0.4 is 0 Å². The molecule has 0 fully saturated rings. The fourth-order valence-electron chi connectivity index (χ4n) is 2.06. The lowest BCUT2D eigenvalue weighted by molar-refractivity contribution is 0.112. The molecule has 0 amide bonds. The van der Waals surface area contributed by atoms with Crippen LogP contribution in [0, 0.1) is 0 Å². The van der Waals surface area contributed by atoms with Gasteiger partial charge >= 0.3 is 0 Å². The van der Waals surface area contributed by atoms with Crippen molar-refractivity contribution in [2.24, 2.45) is 0 Å². The summed E-state index contributed by atoms with van der Waals surface area (Å²) in [5.74, 6) is 0. The maximum Gasteiger partial charge on any atom is 0.153 e. The van der Waals surface area contributed by atoms with Gasteiger partial charge in [0.05, 0.1) is 11.3 Å². The van der Waals surface area contributed by atoms with E-state index in [1.807, 2.05) is 48.5 Å². The molecule has 0 radical (unpaired) electrons. The standard InChI is InChI=1S/C16H10Br2N2O/c17-13-4-6-15(7-5-13)20-9-12(10-21)16(19-20)11-2-1-3-14(18)8-11/h1-10H. The molecule has 0 saturated heterocycles. The first-order valence-corrected chi connectivity index (χ1v) is 7.83. The van der Waals surface area contributed by atoms with Crippen molar-refractivity contribution in [3.8, 4) is 16.9 Å². The van der Waals surface area contributed by atoms with Crippen LogP contribution in [-0.4, -0.2) is 16.1 Å². The van der Waals surface area contributed by atoms with Crippen molar-refractivity contribution in [3.63, 3.8) is 0 Å². The van der Waals surface area contributed by atoms with Crippen molar-refractivity contribution in [1.29, 1.82) is 0 Å². The summed E-state index contributed by atoms with van der Waals surface area (Å²) in [6.07, 6.45) is 2.57. The summed E-state index contributed by atoms with van der Waals surface area (Å²) < 4.78 is 3.67. The highest BCUT2D eigenvalue weighted by atomic mass is 79.9. The first-order chi connectivity index (χ1) is 10.2. The molecule has 0 saturated carbocycles. The number of benzene rings is 2. The van der Waals surface area contributed by atoms with Gasteiger partial charge in [0, 0.05) is 20.7 Å². The number of aldehydes is 1. The maximum atomic E-state index is 11.3. The summed E-state index contributed by atoms with van der Waals surface area (Å²) in [4.78, 5) is 11.3. The molecule has 3 rings (SSSR count). The second-order valence-corrected chi connectivity index (χ2v) is 6.31. The molecular weight excluding hydrogens is 396 g/mol. The Balaban J connectivity index is 2.10. The van der Waals surface area contributed by atoms with Crippen LogP contribution in [0.15, 0.2) is 63.7 Å². The number of halogens is 2. The predicted octanol–water partition coefficient (Wildman–Crippen LogP) is 4.88. The van der Waals surface area contributed by atoms with Crippen molar-refractivity contribution in [2.75, 3.05) is 0 Å². The molecule has 0 spiro atoms. The number of nitrogens with zero attached hydrogens (tertiary/aromatic N) is 2. The number of aromatic nitrogens is 2. The molecule has 1 aromatic heterocycles. The van der Waals surface area contributed by atoms with Gasteiger partial charge in [-0.1, -0.05) is 44.0 Å². The van der Waals surface area contributed by atoms with E-state index < -0.39 is 0 Å². The maximum absolute atomic E-state index is 11.3. The Bertz CT molecular complexity index is 794. The monoisotopic (exact) mass is 404 g/mol. The molecule has 0 aliphatic heterocycles. The smallest absolute Gasteiger partial charge is 0.153 e. The minimum absolute atomic E-state index is 0.566. The van der Waals surface area contributed by atoms with Crippen molar-refractivity contribution in [2.45, 2.75) is 0 Å². The Morgan fingerprint density at radius 2 is 1.76 bits per heavy atom. The number of rotatable bonds is 3. The average molecular weight is 406 g/mol. The van der Waals surface area contributed by atoms with Crippen LogP contribution >= 0.6 is 31.9 Å². The zero-order valence-electron chi connectivity index (χ0n) is 10.8. The molecular formula is C16H10Br2N2O. The summed E-state index contributed by atoms with van der Waals surface area (Å²) in [7, 11) is 0. The first-order valence-electron chi connectivity index (χ1n) is 6.24. The van der Waals surface area contributed by atoms with Gasteiger partial charge in [0.2, 0.25) is 0 Å². The normalized spacial score (nSPS) is 10.6. The van der Waals surface area contributed by atoms with E-state index in [0.717, 1.165) is 26.5 Å². The molecule has 5 heteroatoms. The van der Waals surface area contributed by atoms with Crippen LogP contribution in [0.25, 0.3) is 16.9 Å². The van der Waals surface area contributed by atoms with E-state index in [1.165, 1.54) is 0 Å². The summed E-state index contributed by atoms with van der Waals surface area (Å²) in [5.41, 5.74) is 3.05. The van der Waals surface area contributed by atoms with Crippen molar-refractivity contribution >= 4 is 38.1 Å². The predicted molar refractivity (Wildman–Crippen MR) is 89.8 cm³/mol. The van der Waals surface area contributed by atoms with E-state index in [4.69, 9.17) is 0 Å². The molecule has 0 unspecified atom stereocenters. The Labute approximate surface area is 138 Å². The van der Waals surface area contributed by atoms with Crippen LogP contribution in [0.5, 0.6) is 0 Å². The molecule has 0 aliphatic rings. The van der Waals surface area contributed by atoms with Crippen LogP contribution in [0.1, 0.15) is 10.4 Å². The van der Waals surface area contributed by atoms with Gasteiger partial charge in [-0.2, -0.15) is 5.10 Å². The highest BCUT2D eigenvalue weighted by molar-refractivity contribution is 9.10. The Morgan fingerprint density at radius 1 is 1.00 bits per heavy atom. The van der Waals surface area contributed by atoms with Crippen molar-refractivity contribution in [3.05, 3.63) is 69.2 Å². The van der Waals surface area contributed by atoms with E-state index >= 15 is 0 Å². The molecule has 1 heterocycles. The van der Waals surface area contributed by atoms with Crippen LogP contribution in [-0.2, 0) is 0 Å². The van der Waals surface area contributed by atoms with Gasteiger partial charge in [-0.3, -0.25) is 4.79 Å². The topological polar surface area (TPSA) is 34.9 Å². The van der Waals surface area contributed by atoms with Gasteiger partial charge in [0.25, 0.3) is 0 Å². The quantitative estimate of drug-likeness (QED) is 0.582. The molecule has 21 heavy (non-hydrogen) atoms. The van der Waals surface area contributed by atoms with Gasteiger partial charge in [-0.25, -0.2) is 4.68 Å². The van der Waals surface area contributed by atoms with E-state index in [-0.39, 0.29) is 0 Å². The third kappa shape index (κ3) is 2.99. The average Bonchev–Trinajstić information content (AvgIpc) is 2.92. The SMILES string of the molecule is O=Cc1cn(-c2ccc(Br)cc2)nc1-c1cccc(Br)c1. The summed E-state index contributed by atoms with van der Waals surface area (Å²) in [6, 6.07) is 15.5. The zero-order valence-corrected chi connectivity index (χ0v) is 14.0. The molecule has 0 N–H and O–H groups in total. The second-order valence-electron chi connectivity index (χ2n) is 4.48. The van der Waals surface area contributed by atoms with Gasteiger partial charge in [-0.05, 0) is 36.4 Å². The van der Waals surface area contributed by atoms with E-state index in [9.17, 15) is 4.79 Å². The van der Waals surface area contributed by atoms with Crippen LogP contribution in [0.4, 0.5) is 0 Å². The summed E-state index contributed by atoms with van der Waals surface area (Å²) in [5, 5.41) is 4.54. The Kier molecular flexibility index (Phi) is 4.03. The molecule has 2 aromatic carbocycles. The minimum atomic E-state index is 0.566. The highest BCUT2D eigenvalue weighted by Gasteiger charge is 2.11. The van der Waals surface area contributed by atoms with E-state index in [2.05, 4.69) is 37.0 Å². The third-order valence-corrected chi connectivity index (χ3v) is 4.08. The highest BCUT2D eigenvalue weighted by Crippen LogP contribution is 2.25. The number of hydrogen-bond acceptors (Lipinski definition) is 2. The third-order valence-electron chi connectivity index (χ3n) is 3.06. The minimum Gasteiger partial charge on any atom is -0.298 e. The number of carbonyl (C=O) groups is 1. The summed E-state index contributed by atoms with van der Waals surface area (Å²) >= 11 is 6.84. The van der Waals surface area contributed by atoms with Gasteiger partial charge in [-0.15, -0.1) is 0 Å². The zero-order chi connectivity index (χ0) is 14.8. The first kappa shape index (κ1) is 14.2. The van der Waals surface area contributed by atoms with Crippen LogP contribution in [0.3, 0.4) is 0 Å². The molecule has 3 nitrogen and oxygen atoms in total. The second kappa shape index (κ2) is 5.95. The van der Waals surface area contributed by atoms with Gasteiger partial charge < -0.3 is 0 Å². The fraction of sp³-hybridized carbons (Fsp3) is 0. The number of carbonyl (C=O) groups excluding carboxylic acids is 1. The molecule has 0 aliphatic carbocycles. The van der Waals surface area contributed by atoms with E-state index in [1.54, 1.807) is 10.9 Å². The number of hydrogen-bond donors (Lipinski definition) is 0. The molecule has 0 bridgehead atoms. The summed E-state index contributed by atoms with van der Waals surface area (Å²) in [6.45, 7) is 0. The largest absolute Gasteiger partial charge is 0.298 e. The van der Waals surface area contributed by atoms with Crippen molar-refractivity contribution in [1.82, 2.24) is 9.78 Å². The molecule has 0 atom stereocenters. The lowest BCUT2D eigenvalue weighted by Gasteiger charge is -2.01. The molecule has 3 aromatic rings. The molecule has 104 valence electrons. The van der Waals surface area contributed by atoms with Gasteiger partial charge in [0.15, 0.2) is 6.29 Å². The van der Waals surface area contributed by atoms with E-state index in [0.29, 0.717) is 11.3 Å². The lowest BCUT2D eigenvalue weighted by atomic mass is 10.1. The Hall–Kier alpha value is -1.72.